The molecule has 17 heavy (non-hydrogen) atoms. The van der Waals surface area contributed by atoms with Crippen molar-refractivity contribution < 1.29 is 8.78 Å². The Hall–Kier alpha value is -1.66. The molecule has 0 unspecified atom stereocenters. The highest BCUT2D eigenvalue weighted by Gasteiger charge is 2.22. The second kappa shape index (κ2) is 5.11. The van der Waals surface area contributed by atoms with Crippen LogP contribution in [0.3, 0.4) is 0 Å². The van der Waals surface area contributed by atoms with Crippen LogP contribution in [-0.4, -0.2) is 28.6 Å². The monoisotopic (exact) mass is 243 g/mol. The van der Waals surface area contributed by atoms with E-state index in [2.05, 4.69) is 20.6 Å². The molecular weight excluding hydrogens is 228 g/mol. The van der Waals surface area contributed by atoms with Crippen molar-refractivity contribution in [2.75, 3.05) is 7.05 Å². The molecule has 7 heteroatoms. The van der Waals surface area contributed by atoms with Gasteiger partial charge in [0.25, 0.3) is 0 Å². The van der Waals surface area contributed by atoms with Crippen LogP contribution < -0.4 is 10.6 Å². The summed E-state index contributed by atoms with van der Waals surface area (Å²) in [6.45, 7) is -2.34. The Morgan fingerprint density at radius 3 is 3.00 bits per heavy atom. The van der Waals surface area contributed by atoms with Crippen molar-refractivity contribution >= 4 is 5.96 Å². The first-order chi connectivity index (χ1) is 8.20. The van der Waals surface area contributed by atoms with Crippen LogP contribution in [-0.2, 0) is 6.54 Å². The first kappa shape index (κ1) is 11.8. The molecule has 0 bridgehead atoms. The zero-order chi connectivity index (χ0) is 12.3. The van der Waals surface area contributed by atoms with Gasteiger partial charge in [0.15, 0.2) is 5.96 Å². The predicted octanol–water partition coefficient (Wildman–Crippen LogP) is 1.11. The van der Waals surface area contributed by atoms with Gasteiger partial charge in [0.1, 0.15) is 5.82 Å². The molecule has 2 N–H and O–H groups in total. The van der Waals surface area contributed by atoms with Crippen LogP contribution in [0.4, 0.5) is 8.78 Å². The Bertz CT molecular complexity index is 397. The van der Waals surface area contributed by atoms with Gasteiger partial charge < -0.3 is 10.6 Å². The van der Waals surface area contributed by atoms with Crippen molar-refractivity contribution in [3.8, 4) is 0 Å². The molecule has 1 aliphatic rings. The van der Waals surface area contributed by atoms with Gasteiger partial charge in [0.2, 0.25) is 0 Å². The fourth-order valence-corrected chi connectivity index (χ4v) is 1.44. The number of guanidine groups is 1. The Morgan fingerprint density at radius 2 is 2.41 bits per heavy atom. The molecule has 1 aromatic rings. The van der Waals surface area contributed by atoms with E-state index in [1.807, 2.05) is 0 Å². The largest absolute Gasteiger partial charge is 0.354 e. The number of aromatic nitrogens is 2. The number of halogens is 2. The molecule has 1 fully saturated rings. The van der Waals surface area contributed by atoms with Crippen molar-refractivity contribution in [2.24, 2.45) is 4.99 Å². The van der Waals surface area contributed by atoms with Gasteiger partial charge in [0.05, 0.1) is 6.54 Å². The molecule has 0 spiro atoms. The lowest BCUT2D eigenvalue weighted by Gasteiger charge is -2.11. The molecule has 0 radical (unpaired) electrons. The molecule has 1 saturated carbocycles. The SMILES string of the molecule is CN=C(NCc1nccn1C(F)F)NC1CC1. The topological polar surface area (TPSA) is 54.2 Å². The maximum absolute atomic E-state index is 12.5. The number of aliphatic imine (C=N–C) groups is 1. The Labute approximate surface area is 97.9 Å². The molecule has 1 aromatic heterocycles. The van der Waals surface area contributed by atoms with Gasteiger partial charge in [-0.15, -0.1) is 0 Å². The Kier molecular flexibility index (Phi) is 3.55. The lowest BCUT2D eigenvalue weighted by Crippen LogP contribution is -2.38. The molecular formula is C10H15F2N5. The molecule has 94 valence electrons. The van der Waals surface area contributed by atoms with Crippen LogP contribution in [0, 0.1) is 0 Å². The number of rotatable bonds is 4. The third-order valence-electron chi connectivity index (χ3n) is 2.51. The fraction of sp³-hybridized carbons (Fsp3) is 0.600. The van der Waals surface area contributed by atoms with Gasteiger partial charge in [-0.3, -0.25) is 9.56 Å². The van der Waals surface area contributed by atoms with Crippen LogP contribution in [0.5, 0.6) is 0 Å². The first-order valence-electron chi connectivity index (χ1n) is 5.47. The van der Waals surface area contributed by atoms with Gasteiger partial charge in [-0.1, -0.05) is 0 Å². The number of hydrogen-bond donors (Lipinski definition) is 2. The van der Waals surface area contributed by atoms with E-state index in [9.17, 15) is 8.78 Å². The van der Waals surface area contributed by atoms with Gasteiger partial charge in [0, 0.05) is 25.5 Å². The summed E-state index contributed by atoms with van der Waals surface area (Å²) >= 11 is 0. The van der Waals surface area contributed by atoms with Gasteiger partial charge in [-0.2, -0.15) is 8.78 Å². The van der Waals surface area contributed by atoms with E-state index in [4.69, 9.17) is 0 Å². The Balaban J connectivity index is 1.89. The van der Waals surface area contributed by atoms with E-state index < -0.39 is 6.55 Å². The molecule has 1 aliphatic carbocycles. The summed E-state index contributed by atoms with van der Waals surface area (Å²) in [4.78, 5) is 7.89. The number of imidazole rings is 1. The summed E-state index contributed by atoms with van der Waals surface area (Å²) in [7, 11) is 1.65. The summed E-state index contributed by atoms with van der Waals surface area (Å²) in [5.74, 6) is 0.912. The molecule has 0 aliphatic heterocycles. The molecule has 2 rings (SSSR count). The average molecular weight is 243 g/mol. The second-order valence-corrected chi connectivity index (χ2v) is 3.87. The lowest BCUT2D eigenvalue weighted by molar-refractivity contribution is 0.0668. The maximum Gasteiger partial charge on any atom is 0.319 e. The minimum absolute atomic E-state index is 0.226. The van der Waals surface area contributed by atoms with Crippen molar-refractivity contribution in [1.29, 1.82) is 0 Å². The smallest absolute Gasteiger partial charge is 0.319 e. The summed E-state index contributed by atoms with van der Waals surface area (Å²) in [5, 5.41) is 6.13. The normalized spacial score (nSPS) is 16.4. The molecule has 0 atom stereocenters. The molecule has 0 saturated heterocycles. The highest BCUT2D eigenvalue weighted by atomic mass is 19.3. The van der Waals surface area contributed by atoms with Crippen LogP contribution in [0.25, 0.3) is 0 Å². The van der Waals surface area contributed by atoms with E-state index in [1.165, 1.54) is 12.4 Å². The summed E-state index contributed by atoms with van der Waals surface area (Å²) in [6.07, 6.45) is 4.89. The Morgan fingerprint density at radius 1 is 1.65 bits per heavy atom. The highest BCUT2D eigenvalue weighted by molar-refractivity contribution is 5.80. The molecule has 5 nitrogen and oxygen atoms in total. The van der Waals surface area contributed by atoms with Crippen molar-refractivity contribution in [2.45, 2.75) is 32.0 Å². The van der Waals surface area contributed by atoms with E-state index in [1.54, 1.807) is 7.05 Å². The highest BCUT2D eigenvalue weighted by Crippen LogP contribution is 2.18. The number of hydrogen-bond acceptors (Lipinski definition) is 2. The van der Waals surface area contributed by atoms with E-state index >= 15 is 0 Å². The van der Waals surface area contributed by atoms with E-state index in [-0.39, 0.29) is 6.54 Å². The molecule has 0 aromatic carbocycles. The fourth-order valence-electron chi connectivity index (χ4n) is 1.44. The minimum Gasteiger partial charge on any atom is -0.354 e. The quantitative estimate of drug-likeness (QED) is 0.615. The average Bonchev–Trinajstić information content (AvgIpc) is 2.99. The van der Waals surface area contributed by atoms with Gasteiger partial charge in [-0.25, -0.2) is 4.98 Å². The number of nitrogens with zero attached hydrogens (tertiary/aromatic N) is 3. The predicted molar refractivity (Wildman–Crippen MR) is 59.8 cm³/mol. The van der Waals surface area contributed by atoms with E-state index in [0.717, 1.165) is 17.4 Å². The van der Waals surface area contributed by atoms with Crippen LogP contribution in [0.2, 0.25) is 0 Å². The van der Waals surface area contributed by atoms with Crippen LogP contribution in [0.15, 0.2) is 17.4 Å². The number of nitrogens with one attached hydrogen (secondary N) is 2. The molecule has 1 heterocycles. The van der Waals surface area contributed by atoms with Gasteiger partial charge >= 0.3 is 6.55 Å². The van der Waals surface area contributed by atoms with Crippen LogP contribution >= 0.6 is 0 Å². The summed E-state index contributed by atoms with van der Waals surface area (Å²) in [5.41, 5.74) is 0. The lowest BCUT2D eigenvalue weighted by atomic mass is 10.5. The van der Waals surface area contributed by atoms with Crippen LogP contribution in [0.1, 0.15) is 25.2 Å². The minimum atomic E-state index is -2.56. The van der Waals surface area contributed by atoms with E-state index in [0.29, 0.717) is 17.8 Å². The van der Waals surface area contributed by atoms with Crippen molar-refractivity contribution in [3.05, 3.63) is 18.2 Å². The van der Waals surface area contributed by atoms with Gasteiger partial charge in [-0.05, 0) is 12.8 Å². The standard InChI is InChI=1S/C10H15F2N5/c1-13-10(16-7-2-3-7)15-6-8-14-4-5-17(8)9(11)12/h4-5,7,9H,2-3,6H2,1H3,(H2,13,15,16). The zero-order valence-corrected chi connectivity index (χ0v) is 9.53. The van der Waals surface area contributed by atoms with Crippen molar-refractivity contribution in [3.63, 3.8) is 0 Å². The maximum atomic E-state index is 12.5. The zero-order valence-electron chi connectivity index (χ0n) is 9.53. The molecule has 0 amide bonds. The second-order valence-electron chi connectivity index (χ2n) is 3.87. The van der Waals surface area contributed by atoms with Crippen molar-refractivity contribution in [1.82, 2.24) is 20.2 Å². The third-order valence-corrected chi connectivity index (χ3v) is 2.51. The first-order valence-corrected chi connectivity index (χ1v) is 5.47. The summed E-state index contributed by atoms with van der Waals surface area (Å²) in [6, 6.07) is 0.469. The summed E-state index contributed by atoms with van der Waals surface area (Å²) < 4.78 is 25.9. The number of alkyl halides is 2. The third kappa shape index (κ3) is 3.15.